The Labute approximate surface area is 138 Å². The van der Waals surface area contributed by atoms with Crippen molar-refractivity contribution in [1.29, 1.82) is 0 Å². The van der Waals surface area contributed by atoms with E-state index in [-0.39, 0.29) is 16.9 Å². The summed E-state index contributed by atoms with van der Waals surface area (Å²) in [6.07, 6.45) is 4.99. The third kappa shape index (κ3) is 4.71. The van der Waals surface area contributed by atoms with Gasteiger partial charge in [-0.3, -0.25) is 4.79 Å². The number of rotatable bonds is 3. The molecule has 1 aromatic rings. The summed E-state index contributed by atoms with van der Waals surface area (Å²) in [6.45, 7) is 0. The number of carbonyl (C=O) groups excluding carboxylic acids is 1. The molecule has 1 amide bonds. The summed E-state index contributed by atoms with van der Waals surface area (Å²) in [7, 11) is 0. The van der Waals surface area contributed by atoms with Gasteiger partial charge < -0.3 is 15.5 Å². The maximum Gasteiger partial charge on any atom is 0.333 e. The molecule has 0 heterocycles. The number of carboxylic acids is 1. The fourth-order valence-electron chi connectivity index (χ4n) is 2.31. The fourth-order valence-corrected chi connectivity index (χ4v) is 2.31. The third-order valence-corrected chi connectivity index (χ3v) is 3.48. The first-order valence-corrected chi connectivity index (χ1v) is 7.40. The Kier molecular flexibility index (Phi) is 5.74. The quantitative estimate of drug-likeness (QED) is 0.587. The monoisotopic (exact) mass is 329 g/mol. The van der Waals surface area contributed by atoms with E-state index in [2.05, 4.69) is 17.2 Å². The molecule has 0 unspecified atom stereocenters. The van der Waals surface area contributed by atoms with Gasteiger partial charge in [0.1, 0.15) is 11.6 Å². The van der Waals surface area contributed by atoms with Crippen molar-refractivity contribution in [3.8, 4) is 17.6 Å². The van der Waals surface area contributed by atoms with E-state index in [9.17, 15) is 14.0 Å². The van der Waals surface area contributed by atoms with E-state index in [0.717, 1.165) is 25.0 Å². The van der Waals surface area contributed by atoms with E-state index >= 15 is 0 Å². The molecule has 3 N–H and O–H groups in total. The molecule has 1 aliphatic rings. The highest BCUT2D eigenvalue weighted by Crippen LogP contribution is 2.23. The lowest BCUT2D eigenvalue weighted by Gasteiger charge is -2.17. The van der Waals surface area contributed by atoms with Crippen LogP contribution in [0.5, 0.6) is 5.75 Å². The van der Waals surface area contributed by atoms with Crippen LogP contribution in [0.4, 0.5) is 4.39 Å². The number of hydrogen-bond acceptors (Lipinski definition) is 3. The Morgan fingerprint density at radius 2 is 2.00 bits per heavy atom. The summed E-state index contributed by atoms with van der Waals surface area (Å²) in [4.78, 5) is 22.9. The molecule has 2 rings (SSSR count). The van der Waals surface area contributed by atoms with Crippen molar-refractivity contribution in [2.24, 2.45) is 0 Å². The van der Waals surface area contributed by atoms with Crippen molar-refractivity contribution >= 4 is 11.9 Å². The average Bonchev–Trinajstić information content (AvgIpc) is 2.53. The number of halogens is 1. The predicted molar refractivity (Wildman–Crippen MR) is 85.4 cm³/mol. The summed E-state index contributed by atoms with van der Waals surface area (Å²) >= 11 is 0. The van der Waals surface area contributed by atoms with Gasteiger partial charge in [0.05, 0.1) is 11.1 Å². The number of hydrogen-bond donors (Lipinski definition) is 3. The minimum atomic E-state index is -1.02. The Balaban J connectivity index is 2.01. The zero-order valence-electron chi connectivity index (χ0n) is 12.8. The first-order chi connectivity index (χ1) is 11.5. The van der Waals surface area contributed by atoms with E-state index in [1.165, 1.54) is 18.2 Å². The Bertz CT molecular complexity index is 784. The van der Waals surface area contributed by atoms with Crippen molar-refractivity contribution in [2.45, 2.75) is 25.7 Å². The number of aliphatic carboxylic acids is 1. The van der Waals surface area contributed by atoms with Gasteiger partial charge in [-0.2, -0.15) is 0 Å². The molecule has 0 fully saturated rings. The number of carbonyl (C=O) groups is 2. The summed E-state index contributed by atoms with van der Waals surface area (Å²) in [6, 6.07) is 3.59. The molecular formula is C18H16FNO4. The third-order valence-electron chi connectivity index (χ3n) is 3.48. The van der Waals surface area contributed by atoms with Gasteiger partial charge in [0.25, 0.3) is 0 Å². The van der Waals surface area contributed by atoms with E-state index in [1.807, 2.05) is 0 Å². The molecule has 0 spiro atoms. The maximum atomic E-state index is 13.4. The summed E-state index contributed by atoms with van der Waals surface area (Å²) in [5, 5.41) is 20.8. The number of amides is 1. The largest absolute Gasteiger partial charge is 0.508 e. The van der Waals surface area contributed by atoms with Gasteiger partial charge in [-0.1, -0.05) is 11.8 Å². The van der Waals surface area contributed by atoms with E-state index in [0.29, 0.717) is 18.5 Å². The van der Waals surface area contributed by atoms with Crippen LogP contribution in [0.2, 0.25) is 0 Å². The zero-order chi connectivity index (χ0) is 17.5. The van der Waals surface area contributed by atoms with E-state index in [4.69, 9.17) is 10.2 Å². The van der Waals surface area contributed by atoms with Crippen LogP contribution in [-0.2, 0) is 9.59 Å². The number of allylic oxidation sites excluding steroid dienone is 2. The number of benzene rings is 1. The van der Waals surface area contributed by atoms with Crippen LogP contribution in [0.15, 0.2) is 41.6 Å². The molecule has 6 heteroatoms. The van der Waals surface area contributed by atoms with Crippen LogP contribution >= 0.6 is 0 Å². The van der Waals surface area contributed by atoms with E-state index < -0.39 is 17.7 Å². The minimum Gasteiger partial charge on any atom is -0.508 e. The van der Waals surface area contributed by atoms with Crippen LogP contribution in [0.1, 0.15) is 31.2 Å². The molecule has 0 radical (unpaired) electrons. The lowest BCUT2D eigenvalue weighted by Crippen LogP contribution is -2.25. The van der Waals surface area contributed by atoms with Crippen molar-refractivity contribution in [2.75, 3.05) is 0 Å². The highest BCUT2D eigenvalue weighted by Gasteiger charge is 2.19. The minimum absolute atomic E-state index is 0.0982. The number of phenolic OH excluding ortho intramolecular Hbond substituents is 1. The number of aromatic hydroxyl groups is 1. The Morgan fingerprint density at radius 3 is 2.71 bits per heavy atom. The van der Waals surface area contributed by atoms with Gasteiger partial charge in [0.15, 0.2) is 0 Å². The molecule has 24 heavy (non-hydrogen) atoms. The highest BCUT2D eigenvalue weighted by atomic mass is 19.1. The standard InChI is InChI=1S/C18H16FNO4/c19-15-11-13(21)10-9-12(15)5-1-4-8-17(22)20-16-7-3-2-6-14(16)18(23)24/h4,8-11,21H,2-3,6-7H2,(H,20,22)(H,23,24)/b8-4+. The second kappa shape index (κ2) is 7.97. The molecule has 0 saturated carbocycles. The molecule has 1 aliphatic carbocycles. The Morgan fingerprint density at radius 1 is 1.25 bits per heavy atom. The average molecular weight is 329 g/mol. The van der Waals surface area contributed by atoms with Crippen LogP contribution in [0.25, 0.3) is 0 Å². The number of carboxylic acid groups (broad SMARTS) is 1. The summed E-state index contributed by atoms with van der Waals surface area (Å²) in [5.74, 6) is 2.69. The van der Waals surface area contributed by atoms with Gasteiger partial charge in [-0.15, -0.1) is 0 Å². The smallest absolute Gasteiger partial charge is 0.333 e. The zero-order valence-corrected chi connectivity index (χ0v) is 12.8. The van der Waals surface area contributed by atoms with Crippen LogP contribution in [0.3, 0.4) is 0 Å². The van der Waals surface area contributed by atoms with Crippen molar-refractivity contribution in [1.82, 2.24) is 5.32 Å². The second-order valence-corrected chi connectivity index (χ2v) is 5.23. The van der Waals surface area contributed by atoms with Gasteiger partial charge in [0.2, 0.25) is 5.91 Å². The predicted octanol–water partition coefficient (Wildman–Crippen LogP) is 2.47. The molecule has 0 aliphatic heterocycles. The number of nitrogens with one attached hydrogen (secondary N) is 1. The lowest BCUT2D eigenvalue weighted by molar-refractivity contribution is -0.133. The lowest BCUT2D eigenvalue weighted by atomic mass is 9.96. The molecule has 0 atom stereocenters. The summed E-state index contributed by atoms with van der Waals surface area (Å²) < 4.78 is 13.4. The topological polar surface area (TPSA) is 86.6 Å². The van der Waals surface area contributed by atoms with Crippen molar-refractivity contribution < 1.29 is 24.2 Å². The first kappa shape index (κ1) is 17.3. The maximum absolute atomic E-state index is 13.4. The van der Waals surface area contributed by atoms with Gasteiger partial charge >= 0.3 is 5.97 Å². The molecular weight excluding hydrogens is 313 g/mol. The van der Waals surface area contributed by atoms with Gasteiger partial charge in [-0.05, 0) is 43.9 Å². The SMILES string of the molecule is O=C(/C=C/C#Cc1ccc(O)cc1F)NC1=C(C(=O)O)CCCC1. The van der Waals surface area contributed by atoms with Gasteiger partial charge in [0, 0.05) is 17.8 Å². The van der Waals surface area contributed by atoms with Gasteiger partial charge in [-0.25, -0.2) is 9.18 Å². The molecule has 1 aromatic carbocycles. The molecule has 0 bridgehead atoms. The Hall–Kier alpha value is -3.07. The molecule has 0 saturated heterocycles. The highest BCUT2D eigenvalue weighted by molar-refractivity contribution is 5.92. The molecule has 5 nitrogen and oxygen atoms in total. The first-order valence-electron chi connectivity index (χ1n) is 7.40. The van der Waals surface area contributed by atoms with Crippen molar-refractivity contribution in [3.63, 3.8) is 0 Å². The molecule has 0 aromatic heterocycles. The van der Waals surface area contributed by atoms with E-state index in [1.54, 1.807) is 0 Å². The normalized spacial score (nSPS) is 14.2. The second-order valence-electron chi connectivity index (χ2n) is 5.23. The van der Waals surface area contributed by atoms with Crippen LogP contribution < -0.4 is 5.32 Å². The van der Waals surface area contributed by atoms with Crippen molar-refractivity contribution in [3.05, 3.63) is 53.0 Å². The number of phenols is 1. The summed E-state index contributed by atoms with van der Waals surface area (Å²) in [5.41, 5.74) is 0.766. The molecule has 124 valence electrons. The fraction of sp³-hybridized carbons (Fsp3) is 0.222. The van der Waals surface area contributed by atoms with Crippen LogP contribution in [0, 0.1) is 17.7 Å². The van der Waals surface area contributed by atoms with Crippen LogP contribution in [-0.4, -0.2) is 22.1 Å².